The Balaban J connectivity index is 1.83. The molecule has 0 saturated carbocycles. The summed E-state index contributed by atoms with van der Waals surface area (Å²) in [5, 5.41) is 5.93. The molecule has 0 aromatic carbocycles. The number of carbonyl (C=O) groups excluding carboxylic acids is 2. The minimum absolute atomic E-state index is 0.0734. The highest BCUT2D eigenvalue weighted by molar-refractivity contribution is 7.20. The molecule has 0 atom stereocenters. The fraction of sp³-hybridized carbons (Fsp3) is 0.529. The first kappa shape index (κ1) is 17.6. The molecule has 7 nitrogen and oxygen atoms in total. The van der Waals surface area contributed by atoms with Gasteiger partial charge in [0.2, 0.25) is 5.91 Å². The summed E-state index contributed by atoms with van der Waals surface area (Å²) in [5.41, 5.74) is 0.207. The number of nitrogens with zero attached hydrogens (tertiary/aromatic N) is 2. The maximum atomic E-state index is 12.6. The Kier molecular flexibility index (Phi) is 4.40. The van der Waals surface area contributed by atoms with Crippen LogP contribution < -0.4 is 16.2 Å². The molecule has 2 N–H and O–H groups in total. The van der Waals surface area contributed by atoms with Gasteiger partial charge in [-0.2, -0.15) is 0 Å². The number of carbonyl (C=O) groups is 2. The van der Waals surface area contributed by atoms with Crippen LogP contribution in [0.15, 0.2) is 4.79 Å². The van der Waals surface area contributed by atoms with Crippen molar-refractivity contribution in [3.8, 4) is 0 Å². The third-order valence-electron chi connectivity index (χ3n) is 4.04. The molecule has 8 heteroatoms. The van der Waals surface area contributed by atoms with Crippen molar-refractivity contribution in [3.63, 3.8) is 0 Å². The van der Waals surface area contributed by atoms with E-state index in [0.29, 0.717) is 27.2 Å². The SMILES string of the molecule is Cc1c(C(=O)NCC(=O)NC(C)(C)C)sc2nc3n(c(=O)c12)CCC3. The molecule has 0 saturated heterocycles. The maximum Gasteiger partial charge on any atom is 0.262 e. The first-order valence-corrected chi connectivity index (χ1v) is 9.11. The monoisotopic (exact) mass is 362 g/mol. The lowest BCUT2D eigenvalue weighted by Gasteiger charge is -2.20. The van der Waals surface area contributed by atoms with Gasteiger partial charge in [-0.3, -0.25) is 19.0 Å². The van der Waals surface area contributed by atoms with Crippen molar-refractivity contribution in [1.82, 2.24) is 20.2 Å². The van der Waals surface area contributed by atoms with E-state index in [2.05, 4.69) is 15.6 Å². The Morgan fingerprint density at radius 1 is 1.32 bits per heavy atom. The number of hydrogen-bond acceptors (Lipinski definition) is 5. The molecule has 0 fully saturated rings. The zero-order valence-electron chi connectivity index (χ0n) is 14.9. The summed E-state index contributed by atoms with van der Waals surface area (Å²) in [6, 6.07) is 0. The summed E-state index contributed by atoms with van der Waals surface area (Å²) in [6.07, 6.45) is 1.71. The number of thiophene rings is 1. The molecule has 25 heavy (non-hydrogen) atoms. The van der Waals surface area contributed by atoms with Crippen LogP contribution in [0.1, 0.15) is 48.3 Å². The number of amides is 2. The summed E-state index contributed by atoms with van der Waals surface area (Å²) >= 11 is 1.21. The van der Waals surface area contributed by atoms with E-state index in [1.54, 1.807) is 11.5 Å². The van der Waals surface area contributed by atoms with Crippen LogP contribution >= 0.6 is 11.3 Å². The molecular weight excluding hydrogens is 340 g/mol. The Hall–Kier alpha value is -2.22. The van der Waals surface area contributed by atoms with E-state index in [0.717, 1.165) is 18.7 Å². The van der Waals surface area contributed by atoms with Gasteiger partial charge < -0.3 is 10.6 Å². The zero-order chi connectivity index (χ0) is 18.4. The summed E-state index contributed by atoms with van der Waals surface area (Å²) < 4.78 is 1.69. The number of aryl methyl sites for hydroxylation is 2. The number of nitrogens with one attached hydrogen (secondary N) is 2. The van der Waals surface area contributed by atoms with E-state index in [1.807, 2.05) is 20.8 Å². The van der Waals surface area contributed by atoms with Gasteiger partial charge in [-0.05, 0) is 39.7 Å². The maximum absolute atomic E-state index is 12.6. The second kappa shape index (κ2) is 6.25. The predicted octanol–water partition coefficient (Wildman–Crippen LogP) is 1.36. The molecule has 3 rings (SSSR count). The lowest BCUT2D eigenvalue weighted by atomic mass is 10.1. The van der Waals surface area contributed by atoms with E-state index in [9.17, 15) is 14.4 Å². The number of fused-ring (bicyclic) bond motifs is 2. The topological polar surface area (TPSA) is 93.1 Å². The molecule has 3 heterocycles. The number of hydrogen-bond donors (Lipinski definition) is 2. The summed E-state index contributed by atoms with van der Waals surface area (Å²) in [4.78, 5) is 42.5. The van der Waals surface area contributed by atoms with E-state index in [-0.39, 0.29) is 29.5 Å². The van der Waals surface area contributed by atoms with Gasteiger partial charge in [-0.25, -0.2) is 4.98 Å². The second-order valence-corrected chi connectivity index (χ2v) is 8.30. The third-order valence-corrected chi connectivity index (χ3v) is 5.23. The van der Waals surface area contributed by atoms with E-state index in [1.165, 1.54) is 11.3 Å². The van der Waals surface area contributed by atoms with Crippen molar-refractivity contribution >= 4 is 33.4 Å². The first-order valence-electron chi connectivity index (χ1n) is 8.29. The van der Waals surface area contributed by atoms with Crippen molar-refractivity contribution in [2.45, 2.75) is 52.6 Å². The van der Waals surface area contributed by atoms with Gasteiger partial charge in [0.25, 0.3) is 11.5 Å². The van der Waals surface area contributed by atoms with Gasteiger partial charge in [0.1, 0.15) is 10.7 Å². The van der Waals surface area contributed by atoms with Crippen molar-refractivity contribution in [3.05, 3.63) is 26.6 Å². The predicted molar refractivity (Wildman–Crippen MR) is 97.2 cm³/mol. The van der Waals surface area contributed by atoms with Gasteiger partial charge in [0.05, 0.1) is 16.8 Å². The summed E-state index contributed by atoms with van der Waals surface area (Å²) in [5.74, 6) is 0.182. The average molecular weight is 362 g/mol. The Labute approximate surface area is 149 Å². The summed E-state index contributed by atoms with van der Waals surface area (Å²) in [6.45, 7) is 7.96. The lowest BCUT2D eigenvalue weighted by Crippen LogP contribution is -2.45. The molecule has 0 spiro atoms. The van der Waals surface area contributed by atoms with Crippen LogP contribution in [-0.2, 0) is 17.8 Å². The zero-order valence-corrected chi connectivity index (χ0v) is 15.7. The van der Waals surface area contributed by atoms with Crippen LogP contribution in [0, 0.1) is 6.92 Å². The van der Waals surface area contributed by atoms with E-state index < -0.39 is 0 Å². The van der Waals surface area contributed by atoms with Crippen LogP contribution in [0.25, 0.3) is 10.2 Å². The Morgan fingerprint density at radius 3 is 2.72 bits per heavy atom. The van der Waals surface area contributed by atoms with Crippen molar-refractivity contribution in [1.29, 1.82) is 0 Å². The largest absolute Gasteiger partial charge is 0.350 e. The standard InChI is InChI=1S/C17H22N4O3S/c1-9-12-15(19-10-6-5-7-21(10)16(12)24)25-13(9)14(23)18-8-11(22)20-17(2,3)4/h5-8H2,1-4H3,(H,18,23)(H,20,22). The molecular formula is C17H22N4O3S. The van der Waals surface area contributed by atoms with Crippen LogP contribution in [-0.4, -0.2) is 33.4 Å². The normalized spacial score (nSPS) is 13.8. The van der Waals surface area contributed by atoms with E-state index >= 15 is 0 Å². The van der Waals surface area contributed by atoms with E-state index in [4.69, 9.17) is 0 Å². The molecule has 1 aliphatic rings. The second-order valence-electron chi connectivity index (χ2n) is 7.31. The molecule has 1 aliphatic heterocycles. The Morgan fingerprint density at radius 2 is 2.04 bits per heavy atom. The Bertz CT molecular complexity index is 921. The van der Waals surface area contributed by atoms with Crippen molar-refractivity contribution in [2.24, 2.45) is 0 Å². The van der Waals surface area contributed by atoms with Crippen LogP contribution in [0.4, 0.5) is 0 Å². The average Bonchev–Trinajstić information content (AvgIpc) is 3.08. The molecule has 2 aromatic heterocycles. The highest BCUT2D eigenvalue weighted by Crippen LogP contribution is 2.28. The van der Waals surface area contributed by atoms with Crippen LogP contribution in [0.5, 0.6) is 0 Å². The highest BCUT2D eigenvalue weighted by atomic mass is 32.1. The first-order chi connectivity index (χ1) is 11.7. The number of rotatable bonds is 3. The molecule has 0 bridgehead atoms. The van der Waals surface area contributed by atoms with Crippen molar-refractivity contribution in [2.75, 3.05) is 6.54 Å². The number of aromatic nitrogens is 2. The molecule has 134 valence electrons. The fourth-order valence-corrected chi connectivity index (χ4v) is 4.10. The minimum Gasteiger partial charge on any atom is -0.350 e. The minimum atomic E-state index is -0.353. The lowest BCUT2D eigenvalue weighted by molar-refractivity contribution is -0.121. The molecule has 0 unspecified atom stereocenters. The fourth-order valence-electron chi connectivity index (χ4n) is 3.00. The third kappa shape index (κ3) is 3.44. The van der Waals surface area contributed by atoms with Gasteiger partial charge in [-0.15, -0.1) is 11.3 Å². The quantitative estimate of drug-likeness (QED) is 0.862. The molecule has 0 aliphatic carbocycles. The highest BCUT2D eigenvalue weighted by Gasteiger charge is 2.23. The summed E-state index contributed by atoms with van der Waals surface area (Å²) in [7, 11) is 0. The van der Waals surface area contributed by atoms with Crippen LogP contribution in [0.2, 0.25) is 0 Å². The van der Waals surface area contributed by atoms with Gasteiger partial charge >= 0.3 is 0 Å². The molecule has 2 aromatic rings. The van der Waals surface area contributed by atoms with Crippen molar-refractivity contribution < 1.29 is 9.59 Å². The van der Waals surface area contributed by atoms with Gasteiger partial charge in [0.15, 0.2) is 0 Å². The van der Waals surface area contributed by atoms with Gasteiger partial charge in [0, 0.05) is 18.5 Å². The van der Waals surface area contributed by atoms with Crippen LogP contribution in [0.3, 0.4) is 0 Å². The molecule has 0 radical (unpaired) electrons. The molecule has 2 amide bonds. The van der Waals surface area contributed by atoms with Gasteiger partial charge in [-0.1, -0.05) is 0 Å². The smallest absolute Gasteiger partial charge is 0.262 e.